The highest BCUT2D eigenvalue weighted by Crippen LogP contribution is 2.30. The smallest absolute Gasteiger partial charge is 0.234 e. The number of benzene rings is 1. The maximum Gasteiger partial charge on any atom is 0.234 e. The van der Waals surface area contributed by atoms with Gasteiger partial charge in [-0.05, 0) is 63.2 Å². The van der Waals surface area contributed by atoms with E-state index >= 15 is 0 Å². The highest BCUT2D eigenvalue weighted by atomic mass is 35.5. The van der Waals surface area contributed by atoms with Crippen LogP contribution >= 0.6 is 11.6 Å². The molecule has 6 nitrogen and oxygen atoms in total. The molecular formula is C23H33ClN4O2. The van der Waals surface area contributed by atoms with Crippen LogP contribution in [0.2, 0.25) is 5.02 Å². The standard InChI is InChI=1S/C23H33ClN4O2/c24-20-6-2-1-5-19(20)21(28-11-3-4-12-28)15-25-22(29)16-27-13-9-18(10-14-27)26-23(30)17-7-8-17/h1-2,5-6,17-18,21H,3-4,7-16H2,(H,25,29)(H,26,30). The molecule has 1 aromatic rings. The molecule has 7 heteroatoms. The molecule has 1 aliphatic carbocycles. The molecule has 1 aromatic carbocycles. The SMILES string of the molecule is O=C(CN1CCC(NC(=O)C2CC2)CC1)NCC(c1ccccc1Cl)N1CCCC1. The molecule has 30 heavy (non-hydrogen) atoms. The van der Waals surface area contributed by atoms with Crippen molar-refractivity contribution in [3.05, 3.63) is 34.9 Å². The maximum absolute atomic E-state index is 12.6. The van der Waals surface area contributed by atoms with Gasteiger partial charge in [0.25, 0.3) is 0 Å². The summed E-state index contributed by atoms with van der Waals surface area (Å²) in [5.74, 6) is 0.543. The van der Waals surface area contributed by atoms with Gasteiger partial charge < -0.3 is 10.6 Å². The average molecular weight is 433 g/mol. The van der Waals surface area contributed by atoms with Crippen LogP contribution in [0, 0.1) is 5.92 Å². The molecule has 2 saturated heterocycles. The van der Waals surface area contributed by atoms with Crippen molar-refractivity contribution >= 4 is 23.4 Å². The molecule has 0 spiro atoms. The molecule has 2 N–H and O–H groups in total. The van der Waals surface area contributed by atoms with Gasteiger partial charge in [-0.1, -0.05) is 29.8 Å². The van der Waals surface area contributed by atoms with E-state index in [1.807, 2.05) is 18.2 Å². The molecular weight excluding hydrogens is 400 g/mol. The third-order valence-corrected chi connectivity index (χ3v) is 6.93. The van der Waals surface area contributed by atoms with Crippen molar-refractivity contribution in [1.29, 1.82) is 0 Å². The Bertz CT molecular complexity index is 740. The predicted molar refractivity (Wildman–Crippen MR) is 118 cm³/mol. The second kappa shape index (κ2) is 10.1. The summed E-state index contributed by atoms with van der Waals surface area (Å²) in [6.45, 7) is 4.79. The Balaban J connectivity index is 1.24. The summed E-state index contributed by atoms with van der Waals surface area (Å²) >= 11 is 6.46. The van der Waals surface area contributed by atoms with Gasteiger partial charge in [0.1, 0.15) is 0 Å². The molecule has 4 rings (SSSR count). The lowest BCUT2D eigenvalue weighted by Crippen LogP contribution is -2.48. The summed E-state index contributed by atoms with van der Waals surface area (Å²) in [5.41, 5.74) is 1.09. The van der Waals surface area contributed by atoms with Gasteiger partial charge in [-0.15, -0.1) is 0 Å². The zero-order valence-corrected chi connectivity index (χ0v) is 18.4. The quantitative estimate of drug-likeness (QED) is 0.662. The Morgan fingerprint density at radius 3 is 2.40 bits per heavy atom. The van der Waals surface area contributed by atoms with E-state index < -0.39 is 0 Å². The van der Waals surface area contributed by atoms with Crippen molar-refractivity contribution < 1.29 is 9.59 Å². The summed E-state index contributed by atoms with van der Waals surface area (Å²) in [7, 11) is 0. The minimum absolute atomic E-state index is 0.0618. The van der Waals surface area contributed by atoms with Crippen molar-refractivity contribution in [3.63, 3.8) is 0 Å². The van der Waals surface area contributed by atoms with E-state index in [1.165, 1.54) is 12.8 Å². The predicted octanol–water partition coefficient (Wildman–Crippen LogP) is 2.58. The number of carbonyl (C=O) groups excluding carboxylic acids is 2. The Hall–Kier alpha value is -1.63. The second-order valence-electron chi connectivity index (χ2n) is 8.92. The minimum atomic E-state index is 0.0618. The molecule has 3 aliphatic rings. The van der Waals surface area contributed by atoms with Gasteiger partial charge in [0, 0.05) is 36.6 Å². The molecule has 2 heterocycles. The van der Waals surface area contributed by atoms with E-state index in [9.17, 15) is 9.59 Å². The Morgan fingerprint density at radius 1 is 1.03 bits per heavy atom. The summed E-state index contributed by atoms with van der Waals surface area (Å²) < 4.78 is 0. The topological polar surface area (TPSA) is 64.7 Å². The van der Waals surface area contributed by atoms with E-state index in [2.05, 4.69) is 26.5 Å². The minimum Gasteiger partial charge on any atom is -0.353 e. The second-order valence-corrected chi connectivity index (χ2v) is 9.32. The van der Waals surface area contributed by atoms with Crippen LogP contribution in [0.15, 0.2) is 24.3 Å². The Kier molecular flexibility index (Phi) is 7.28. The van der Waals surface area contributed by atoms with Crippen molar-refractivity contribution in [1.82, 2.24) is 20.4 Å². The number of likely N-dealkylation sites (tertiary alicyclic amines) is 2. The molecule has 0 radical (unpaired) electrons. The van der Waals surface area contributed by atoms with Gasteiger partial charge in [-0.25, -0.2) is 0 Å². The fourth-order valence-corrected chi connectivity index (χ4v) is 4.87. The van der Waals surface area contributed by atoms with Crippen LogP contribution in [-0.2, 0) is 9.59 Å². The largest absolute Gasteiger partial charge is 0.353 e. The number of halogens is 1. The summed E-state index contributed by atoms with van der Waals surface area (Å²) in [5, 5.41) is 7.08. The zero-order valence-electron chi connectivity index (χ0n) is 17.6. The van der Waals surface area contributed by atoms with E-state index in [-0.39, 0.29) is 29.8 Å². The number of nitrogens with zero attached hydrogens (tertiary/aromatic N) is 2. The van der Waals surface area contributed by atoms with Gasteiger partial charge in [0.2, 0.25) is 11.8 Å². The fourth-order valence-electron chi connectivity index (χ4n) is 4.60. The van der Waals surface area contributed by atoms with Crippen LogP contribution in [0.4, 0.5) is 0 Å². The molecule has 1 unspecified atom stereocenters. The van der Waals surface area contributed by atoms with Crippen LogP contribution in [0.1, 0.15) is 50.1 Å². The van der Waals surface area contributed by atoms with E-state index in [1.54, 1.807) is 0 Å². The lowest BCUT2D eigenvalue weighted by molar-refractivity contribution is -0.125. The summed E-state index contributed by atoms with van der Waals surface area (Å²) in [6.07, 6.45) is 6.31. The number of piperidine rings is 1. The zero-order chi connectivity index (χ0) is 20.9. The first kappa shape index (κ1) is 21.6. The fraction of sp³-hybridized carbons (Fsp3) is 0.652. The number of carbonyl (C=O) groups is 2. The van der Waals surface area contributed by atoms with Crippen molar-refractivity contribution in [2.75, 3.05) is 39.3 Å². The first-order valence-electron chi connectivity index (χ1n) is 11.4. The van der Waals surface area contributed by atoms with Gasteiger partial charge >= 0.3 is 0 Å². The van der Waals surface area contributed by atoms with E-state index in [0.717, 1.165) is 62.4 Å². The molecule has 0 bridgehead atoms. The van der Waals surface area contributed by atoms with E-state index in [0.29, 0.717) is 13.1 Å². The van der Waals surface area contributed by atoms with Crippen molar-refractivity contribution in [3.8, 4) is 0 Å². The van der Waals surface area contributed by atoms with Crippen LogP contribution in [-0.4, -0.2) is 66.9 Å². The molecule has 3 fully saturated rings. The first-order chi connectivity index (χ1) is 14.6. The number of hydrogen-bond donors (Lipinski definition) is 2. The monoisotopic (exact) mass is 432 g/mol. The Labute approximate surface area is 184 Å². The third-order valence-electron chi connectivity index (χ3n) is 6.59. The van der Waals surface area contributed by atoms with Crippen molar-refractivity contribution in [2.45, 2.75) is 50.6 Å². The molecule has 1 saturated carbocycles. The maximum atomic E-state index is 12.6. The molecule has 164 valence electrons. The summed E-state index contributed by atoms with van der Waals surface area (Å²) in [4.78, 5) is 29.2. The van der Waals surface area contributed by atoms with Gasteiger partial charge in [-0.2, -0.15) is 0 Å². The lowest BCUT2D eigenvalue weighted by Gasteiger charge is -2.32. The lowest BCUT2D eigenvalue weighted by atomic mass is 10.0. The number of nitrogens with one attached hydrogen (secondary N) is 2. The number of hydrogen-bond acceptors (Lipinski definition) is 4. The number of amides is 2. The molecule has 2 amide bonds. The molecule has 1 atom stereocenters. The molecule has 0 aromatic heterocycles. The van der Waals surface area contributed by atoms with Crippen LogP contribution in [0.25, 0.3) is 0 Å². The van der Waals surface area contributed by atoms with Crippen LogP contribution in [0.3, 0.4) is 0 Å². The summed E-state index contributed by atoms with van der Waals surface area (Å²) in [6, 6.07) is 8.33. The van der Waals surface area contributed by atoms with Crippen molar-refractivity contribution in [2.24, 2.45) is 5.92 Å². The molecule has 2 aliphatic heterocycles. The van der Waals surface area contributed by atoms with Gasteiger partial charge in [0.15, 0.2) is 0 Å². The number of rotatable bonds is 8. The van der Waals surface area contributed by atoms with Gasteiger partial charge in [-0.3, -0.25) is 19.4 Å². The third kappa shape index (κ3) is 5.74. The highest BCUT2D eigenvalue weighted by molar-refractivity contribution is 6.31. The Morgan fingerprint density at radius 2 is 1.73 bits per heavy atom. The normalized spacial score (nSPS) is 22.0. The van der Waals surface area contributed by atoms with Gasteiger partial charge in [0.05, 0.1) is 12.6 Å². The van der Waals surface area contributed by atoms with E-state index in [4.69, 9.17) is 11.6 Å². The van der Waals surface area contributed by atoms with Crippen LogP contribution < -0.4 is 10.6 Å². The highest BCUT2D eigenvalue weighted by Gasteiger charge is 2.32. The average Bonchev–Trinajstić information content (AvgIpc) is 3.46. The first-order valence-corrected chi connectivity index (χ1v) is 11.8. The van der Waals surface area contributed by atoms with Crippen LogP contribution in [0.5, 0.6) is 0 Å².